The first-order chi connectivity index (χ1) is 15.3. The fourth-order valence-corrected chi connectivity index (χ4v) is 4.10. The number of ether oxygens (including phenoxy) is 1. The Hall–Kier alpha value is -3.64. The summed E-state index contributed by atoms with van der Waals surface area (Å²) in [5.74, 6) is -1.18. The van der Waals surface area contributed by atoms with Crippen LogP contribution in [-0.4, -0.2) is 28.9 Å². The number of carbonyl (C=O) groups is 2. The lowest BCUT2D eigenvalue weighted by atomic mass is 9.96. The first kappa shape index (κ1) is 21.6. The van der Waals surface area contributed by atoms with Crippen molar-refractivity contribution in [1.29, 1.82) is 0 Å². The molecule has 0 spiro atoms. The summed E-state index contributed by atoms with van der Waals surface area (Å²) in [5, 5.41) is 11.7. The summed E-state index contributed by atoms with van der Waals surface area (Å²) in [4.78, 5) is 32.2. The van der Waals surface area contributed by atoms with Crippen LogP contribution in [0.5, 0.6) is 5.75 Å². The van der Waals surface area contributed by atoms with Crippen molar-refractivity contribution < 1.29 is 19.4 Å². The maximum Gasteiger partial charge on any atom is 0.300 e. The Bertz CT molecular complexity index is 1250. The highest BCUT2D eigenvalue weighted by Crippen LogP contribution is 2.43. The summed E-state index contributed by atoms with van der Waals surface area (Å²) in [5.41, 5.74) is 2.71. The van der Waals surface area contributed by atoms with Crippen LogP contribution in [-0.2, 0) is 9.59 Å². The number of carbonyl (C=O) groups excluding carboxylic acids is 2. The number of methoxy groups -OCH3 is 1. The van der Waals surface area contributed by atoms with E-state index in [1.165, 1.54) is 4.90 Å². The van der Waals surface area contributed by atoms with E-state index in [0.717, 1.165) is 0 Å². The monoisotopic (exact) mass is 448 g/mol. The van der Waals surface area contributed by atoms with Gasteiger partial charge in [0.2, 0.25) is 0 Å². The molecule has 1 aliphatic heterocycles. The van der Waals surface area contributed by atoms with Crippen molar-refractivity contribution in [2.45, 2.75) is 19.9 Å². The van der Waals surface area contributed by atoms with Gasteiger partial charge in [0.1, 0.15) is 17.6 Å². The van der Waals surface area contributed by atoms with E-state index in [0.29, 0.717) is 38.8 Å². The molecular formula is C25H21ClN2O4. The van der Waals surface area contributed by atoms with Gasteiger partial charge < -0.3 is 9.84 Å². The molecule has 2 heterocycles. The normalized spacial score (nSPS) is 17.6. The molecule has 4 rings (SSSR count). The summed E-state index contributed by atoms with van der Waals surface area (Å²) >= 11 is 6.30. The lowest BCUT2D eigenvalue weighted by molar-refractivity contribution is -0.132. The van der Waals surface area contributed by atoms with Crippen LogP contribution in [0.4, 0.5) is 5.69 Å². The number of benzene rings is 2. The number of pyridine rings is 1. The Morgan fingerprint density at radius 3 is 2.53 bits per heavy atom. The van der Waals surface area contributed by atoms with E-state index in [1.807, 2.05) is 0 Å². The summed E-state index contributed by atoms with van der Waals surface area (Å²) in [6.07, 6.45) is 1.58. The highest BCUT2D eigenvalue weighted by molar-refractivity contribution is 6.52. The third kappa shape index (κ3) is 3.52. The third-order valence-electron chi connectivity index (χ3n) is 5.60. The number of anilines is 1. The largest absolute Gasteiger partial charge is 0.507 e. The lowest BCUT2D eigenvalue weighted by Crippen LogP contribution is -2.30. The van der Waals surface area contributed by atoms with E-state index in [2.05, 4.69) is 4.98 Å². The average Bonchev–Trinajstić information content (AvgIpc) is 3.06. The van der Waals surface area contributed by atoms with Crippen LogP contribution in [0.3, 0.4) is 0 Å². The fraction of sp³-hybridized carbons (Fsp3) is 0.160. The van der Waals surface area contributed by atoms with Gasteiger partial charge in [-0.3, -0.25) is 19.5 Å². The van der Waals surface area contributed by atoms with E-state index in [9.17, 15) is 14.7 Å². The maximum absolute atomic E-state index is 13.2. The second-order valence-corrected chi connectivity index (χ2v) is 7.90. The third-order valence-corrected chi connectivity index (χ3v) is 6.01. The predicted octanol–water partition coefficient (Wildman–Crippen LogP) is 4.99. The van der Waals surface area contributed by atoms with Gasteiger partial charge >= 0.3 is 0 Å². The molecule has 7 heteroatoms. The van der Waals surface area contributed by atoms with E-state index < -0.39 is 17.7 Å². The minimum Gasteiger partial charge on any atom is -0.507 e. The van der Waals surface area contributed by atoms with Crippen LogP contribution >= 0.6 is 11.6 Å². The van der Waals surface area contributed by atoms with Gasteiger partial charge in [-0.05, 0) is 67.4 Å². The fourth-order valence-electron chi connectivity index (χ4n) is 3.93. The molecule has 162 valence electrons. The smallest absolute Gasteiger partial charge is 0.300 e. The van der Waals surface area contributed by atoms with E-state index in [-0.39, 0.29) is 11.3 Å². The molecule has 6 nitrogen and oxygen atoms in total. The minimum atomic E-state index is -0.908. The standard InChI is InChI=1S/C25H21ClN2O4/c1-14-13-16(32-3)10-11-17(14)23(29)21-22(19-8-4-5-12-27-19)28(25(31)24(21)30)20-9-6-7-18(26)15(20)2/h4-13,22,29H,1-3H3/b23-21+. The van der Waals surface area contributed by atoms with Crippen molar-refractivity contribution >= 4 is 34.7 Å². The first-order valence-corrected chi connectivity index (χ1v) is 10.3. The van der Waals surface area contributed by atoms with Gasteiger partial charge in [-0.25, -0.2) is 0 Å². The van der Waals surface area contributed by atoms with Crippen molar-refractivity contribution in [3.63, 3.8) is 0 Å². The van der Waals surface area contributed by atoms with Gasteiger partial charge in [-0.1, -0.05) is 23.7 Å². The van der Waals surface area contributed by atoms with Crippen molar-refractivity contribution in [2.75, 3.05) is 12.0 Å². The molecule has 1 aromatic heterocycles. The van der Waals surface area contributed by atoms with Crippen LogP contribution in [0.15, 0.2) is 66.4 Å². The molecule has 0 radical (unpaired) electrons. The molecule has 1 unspecified atom stereocenters. The van der Waals surface area contributed by atoms with Gasteiger partial charge in [-0.2, -0.15) is 0 Å². The zero-order valence-corrected chi connectivity index (χ0v) is 18.6. The van der Waals surface area contributed by atoms with Crippen LogP contribution in [0.25, 0.3) is 5.76 Å². The Labute approximate surface area is 190 Å². The topological polar surface area (TPSA) is 79.7 Å². The lowest BCUT2D eigenvalue weighted by Gasteiger charge is -2.26. The van der Waals surface area contributed by atoms with Gasteiger partial charge in [0, 0.05) is 22.5 Å². The average molecular weight is 449 g/mol. The zero-order valence-electron chi connectivity index (χ0n) is 17.8. The van der Waals surface area contributed by atoms with Crippen molar-refractivity contribution in [3.05, 3.63) is 93.8 Å². The second-order valence-electron chi connectivity index (χ2n) is 7.49. The number of aromatic nitrogens is 1. The molecule has 0 bridgehead atoms. The molecule has 0 saturated carbocycles. The number of aryl methyl sites for hydroxylation is 1. The van der Waals surface area contributed by atoms with Crippen LogP contribution in [0, 0.1) is 13.8 Å². The van der Waals surface area contributed by atoms with Gasteiger partial charge in [0.15, 0.2) is 0 Å². The molecule has 1 fully saturated rings. The van der Waals surface area contributed by atoms with Crippen molar-refractivity contribution in [3.8, 4) is 5.75 Å². The Morgan fingerprint density at radius 2 is 1.88 bits per heavy atom. The number of hydrogen-bond acceptors (Lipinski definition) is 5. The molecule has 0 aliphatic carbocycles. The zero-order chi connectivity index (χ0) is 23.0. The maximum atomic E-state index is 13.2. The van der Waals surface area contributed by atoms with E-state index >= 15 is 0 Å². The van der Waals surface area contributed by atoms with Crippen LogP contribution in [0.2, 0.25) is 5.02 Å². The molecule has 3 aromatic rings. The number of amides is 1. The quantitative estimate of drug-likeness (QED) is 0.345. The molecule has 2 aromatic carbocycles. The van der Waals surface area contributed by atoms with Crippen LogP contribution in [0.1, 0.15) is 28.4 Å². The highest BCUT2D eigenvalue weighted by atomic mass is 35.5. The predicted molar refractivity (Wildman–Crippen MR) is 123 cm³/mol. The number of halogens is 1. The SMILES string of the molecule is COc1ccc(/C(O)=C2\C(=O)C(=O)N(c3cccc(Cl)c3C)C2c2ccccn2)c(C)c1. The summed E-state index contributed by atoms with van der Waals surface area (Å²) in [6.45, 7) is 3.57. The first-order valence-electron chi connectivity index (χ1n) is 9.97. The Morgan fingerprint density at radius 1 is 1.09 bits per heavy atom. The van der Waals surface area contributed by atoms with Crippen molar-refractivity contribution in [1.82, 2.24) is 4.98 Å². The molecular weight excluding hydrogens is 428 g/mol. The molecule has 1 atom stereocenters. The van der Waals surface area contributed by atoms with Gasteiger partial charge in [-0.15, -0.1) is 0 Å². The number of nitrogens with zero attached hydrogens (tertiary/aromatic N) is 2. The van der Waals surface area contributed by atoms with Gasteiger partial charge in [0.25, 0.3) is 11.7 Å². The van der Waals surface area contributed by atoms with Crippen molar-refractivity contribution in [2.24, 2.45) is 0 Å². The number of hydrogen-bond donors (Lipinski definition) is 1. The second kappa shape index (κ2) is 8.48. The molecule has 1 saturated heterocycles. The minimum absolute atomic E-state index is 0.0265. The Balaban J connectivity index is 1.98. The number of rotatable bonds is 4. The number of ketones is 1. The van der Waals surface area contributed by atoms with Crippen LogP contribution < -0.4 is 9.64 Å². The summed E-state index contributed by atoms with van der Waals surface area (Å²) < 4.78 is 5.23. The summed E-state index contributed by atoms with van der Waals surface area (Å²) in [6, 6.07) is 14.6. The number of aliphatic hydroxyl groups excluding tert-OH is 1. The molecule has 32 heavy (non-hydrogen) atoms. The summed E-state index contributed by atoms with van der Waals surface area (Å²) in [7, 11) is 1.55. The molecule has 1 N–H and O–H groups in total. The van der Waals surface area contributed by atoms with E-state index in [1.54, 1.807) is 81.8 Å². The number of aliphatic hydroxyl groups is 1. The van der Waals surface area contributed by atoms with E-state index in [4.69, 9.17) is 16.3 Å². The van der Waals surface area contributed by atoms with Gasteiger partial charge in [0.05, 0.1) is 18.4 Å². The number of Topliss-reactive ketones (excluding diaryl/α,β-unsaturated/α-hetero) is 1. The molecule has 1 amide bonds. The molecule has 1 aliphatic rings. The highest BCUT2D eigenvalue weighted by Gasteiger charge is 2.48. The Kier molecular flexibility index (Phi) is 5.72.